The highest BCUT2D eigenvalue weighted by Gasteiger charge is 2.39. The first kappa shape index (κ1) is 26.6. The molecule has 0 aliphatic carbocycles. The number of likely N-dealkylation sites (N-methyl/N-ethyl adjacent to an activating group) is 1. The SMILES string of the molecule is CCN1CC(N2CCC(S(=O)(=O)N(Cc3ccc(-c4nnc(C(F)F)o4)cn3)c3cccc(C)c3)CC2)C1. The Kier molecular flexibility index (Phi) is 7.73. The summed E-state index contributed by atoms with van der Waals surface area (Å²) in [6, 6.07) is 11.2. The second-order valence-electron chi connectivity index (χ2n) is 9.92. The number of piperidine rings is 1. The van der Waals surface area contributed by atoms with E-state index in [0.717, 1.165) is 38.3 Å². The number of nitrogens with zero attached hydrogens (tertiary/aromatic N) is 6. The smallest absolute Gasteiger partial charge is 0.314 e. The lowest BCUT2D eigenvalue weighted by atomic mass is 10.0. The highest BCUT2D eigenvalue weighted by Crippen LogP contribution is 2.30. The van der Waals surface area contributed by atoms with Crippen molar-refractivity contribution in [2.45, 2.75) is 51.0 Å². The number of halogens is 2. The van der Waals surface area contributed by atoms with Crippen molar-refractivity contribution in [1.29, 1.82) is 0 Å². The first-order valence-electron chi connectivity index (χ1n) is 12.9. The Labute approximate surface area is 221 Å². The molecule has 0 amide bonds. The molecule has 9 nitrogen and oxygen atoms in total. The molecule has 0 radical (unpaired) electrons. The molecule has 1 aromatic carbocycles. The topological polar surface area (TPSA) is 95.7 Å². The molecule has 2 aliphatic heterocycles. The Morgan fingerprint density at radius 3 is 2.50 bits per heavy atom. The third kappa shape index (κ3) is 5.57. The maximum absolute atomic E-state index is 14.0. The normalized spacial score (nSPS) is 18.1. The molecule has 4 heterocycles. The van der Waals surface area contributed by atoms with Crippen molar-refractivity contribution in [3.05, 3.63) is 59.7 Å². The number of sulfonamides is 1. The molecule has 2 fully saturated rings. The summed E-state index contributed by atoms with van der Waals surface area (Å²) in [5.74, 6) is -0.824. The Hall–Kier alpha value is -2.96. The van der Waals surface area contributed by atoms with Crippen LogP contribution in [0.25, 0.3) is 11.5 Å². The van der Waals surface area contributed by atoms with Crippen molar-refractivity contribution < 1.29 is 21.6 Å². The number of likely N-dealkylation sites (tertiary alicyclic amines) is 2. The molecule has 0 spiro atoms. The predicted molar refractivity (Wildman–Crippen MR) is 139 cm³/mol. The van der Waals surface area contributed by atoms with Crippen LogP contribution in [-0.2, 0) is 16.6 Å². The molecular formula is C26H32F2N6O3S. The van der Waals surface area contributed by atoms with Gasteiger partial charge in [0.1, 0.15) is 0 Å². The average molecular weight is 547 g/mol. The van der Waals surface area contributed by atoms with E-state index in [1.54, 1.807) is 18.2 Å². The number of aryl methyl sites for hydroxylation is 1. The molecule has 2 saturated heterocycles. The lowest BCUT2D eigenvalue weighted by Crippen LogP contribution is -2.61. The van der Waals surface area contributed by atoms with Crippen LogP contribution in [-0.4, -0.2) is 77.4 Å². The van der Waals surface area contributed by atoms with Crippen molar-refractivity contribution >= 4 is 15.7 Å². The minimum absolute atomic E-state index is 0.0481. The van der Waals surface area contributed by atoms with Crippen LogP contribution >= 0.6 is 0 Å². The molecule has 0 bridgehead atoms. The lowest BCUT2D eigenvalue weighted by Gasteiger charge is -2.47. The van der Waals surface area contributed by atoms with E-state index in [4.69, 9.17) is 4.42 Å². The summed E-state index contributed by atoms with van der Waals surface area (Å²) in [6.07, 6.45) is -0.259. The molecule has 0 N–H and O–H groups in total. The van der Waals surface area contributed by atoms with Gasteiger partial charge < -0.3 is 9.32 Å². The molecule has 5 rings (SSSR count). The van der Waals surface area contributed by atoms with Gasteiger partial charge in [-0.05, 0) is 69.2 Å². The fourth-order valence-corrected chi connectivity index (χ4v) is 6.98. The lowest BCUT2D eigenvalue weighted by molar-refractivity contribution is 0.0275. The molecule has 38 heavy (non-hydrogen) atoms. The van der Waals surface area contributed by atoms with E-state index in [-0.39, 0.29) is 12.4 Å². The van der Waals surface area contributed by atoms with E-state index < -0.39 is 27.6 Å². The minimum atomic E-state index is -3.68. The molecule has 0 saturated carbocycles. The van der Waals surface area contributed by atoms with E-state index in [9.17, 15) is 17.2 Å². The van der Waals surface area contributed by atoms with Gasteiger partial charge in [0.05, 0.1) is 28.7 Å². The van der Waals surface area contributed by atoms with Gasteiger partial charge in [-0.1, -0.05) is 19.1 Å². The molecular weight excluding hydrogens is 514 g/mol. The first-order chi connectivity index (χ1) is 18.2. The van der Waals surface area contributed by atoms with Crippen LogP contribution in [0.2, 0.25) is 0 Å². The molecule has 3 aromatic rings. The van der Waals surface area contributed by atoms with Gasteiger partial charge in [-0.3, -0.25) is 14.2 Å². The Balaban J connectivity index is 1.33. The largest absolute Gasteiger partial charge is 0.415 e. The fourth-order valence-electron chi connectivity index (χ4n) is 5.09. The fraction of sp³-hybridized carbons (Fsp3) is 0.500. The summed E-state index contributed by atoms with van der Waals surface area (Å²) in [5, 5.41) is 6.50. The first-order valence-corrected chi connectivity index (χ1v) is 14.4. The Morgan fingerprint density at radius 1 is 1.13 bits per heavy atom. The van der Waals surface area contributed by atoms with Crippen LogP contribution in [0, 0.1) is 6.92 Å². The number of anilines is 1. The molecule has 2 aliphatic rings. The van der Waals surface area contributed by atoms with Gasteiger partial charge in [0.15, 0.2) is 0 Å². The summed E-state index contributed by atoms with van der Waals surface area (Å²) in [5.41, 5.74) is 2.44. The van der Waals surface area contributed by atoms with Crippen LogP contribution in [0.4, 0.5) is 14.5 Å². The zero-order chi connectivity index (χ0) is 26.9. The Morgan fingerprint density at radius 2 is 1.89 bits per heavy atom. The van der Waals surface area contributed by atoms with Crippen LogP contribution in [0.3, 0.4) is 0 Å². The third-order valence-corrected chi connectivity index (χ3v) is 9.67. The Bertz CT molecular complexity index is 1340. The van der Waals surface area contributed by atoms with Gasteiger partial charge in [0.25, 0.3) is 5.89 Å². The van der Waals surface area contributed by atoms with Crippen LogP contribution in [0.1, 0.15) is 43.3 Å². The summed E-state index contributed by atoms with van der Waals surface area (Å²) in [4.78, 5) is 9.20. The van der Waals surface area contributed by atoms with E-state index in [0.29, 0.717) is 35.8 Å². The number of hydrogen-bond acceptors (Lipinski definition) is 8. The van der Waals surface area contributed by atoms with E-state index in [1.165, 1.54) is 10.5 Å². The van der Waals surface area contributed by atoms with Gasteiger partial charge >= 0.3 is 6.43 Å². The molecule has 0 unspecified atom stereocenters. The molecule has 2 aromatic heterocycles. The van der Waals surface area contributed by atoms with Gasteiger partial charge in [0.2, 0.25) is 15.9 Å². The maximum atomic E-state index is 14.0. The average Bonchev–Trinajstić information content (AvgIpc) is 3.38. The number of alkyl halides is 2. The predicted octanol–water partition coefficient (Wildman–Crippen LogP) is 3.88. The number of pyridine rings is 1. The summed E-state index contributed by atoms with van der Waals surface area (Å²) >= 11 is 0. The van der Waals surface area contributed by atoms with Crippen molar-refractivity contribution in [3.63, 3.8) is 0 Å². The zero-order valence-corrected chi connectivity index (χ0v) is 22.3. The van der Waals surface area contributed by atoms with Crippen molar-refractivity contribution in [2.24, 2.45) is 0 Å². The summed E-state index contributed by atoms with van der Waals surface area (Å²) < 4.78 is 60.0. The zero-order valence-electron chi connectivity index (χ0n) is 21.5. The van der Waals surface area contributed by atoms with E-state index >= 15 is 0 Å². The van der Waals surface area contributed by atoms with Gasteiger partial charge in [-0.2, -0.15) is 8.78 Å². The highest BCUT2D eigenvalue weighted by molar-refractivity contribution is 7.93. The van der Waals surface area contributed by atoms with Gasteiger partial charge in [-0.15, -0.1) is 10.2 Å². The van der Waals surface area contributed by atoms with Crippen molar-refractivity contribution in [3.8, 4) is 11.5 Å². The maximum Gasteiger partial charge on any atom is 0.314 e. The number of rotatable bonds is 9. The van der Waals surface area contributed by atoms with E-state index in [1.807, 2.05) is 25.1 Å². The van der Waals surface area contributed by atoms with Gasteiger partial charge in [0, 0.05) is 25.3 Å². The van der Waals surface area contributed by atoms with E-state index in [2.05, 4.69) is 31.9 Å². The van der Waals surface area contributed by atoms with Crippen molar-refractivity contribution in [1.82, 2.24) is 25.0 Å². The third-order valence-electron chi connectivity index (χ3n) is 7.40. The standard InChI is InChI=1S/C26H32F2N6O3S/c1-3-32-16-22(17-32)33-11-9-23(10-12-33)38(35,36)34(21-6-4-5-18(2)13-21)15-20-8-7-19(14-29-20)25-30-31-26(37-25)24(27)28/h4-8,13-14,22-24H,3,9-12,15-17H2,1-2H3. The van der Waals surface area contributed by atoms with Crippen molar-refractivity contribution in [2.75, 3.05) is 37.0 Å². The molecule has 0 atom stereocenters. The minimum Gasteiger partial charge on any atom is -0.415 e. The molecule has 204 valence electrons. The quantitative estimate of drug-likeness (QED) is 0.399. The number of benzene rings is 1. The van der Waals surface area contributed by atoms with Crippen LogP contribution in [0.5, 0.6) is 0 Å². The summed E-state index contributed by atoms with van der Waals surface area (Å²) in [7, 11) is -3.68. The monoisotopic (exact) mass is 546 g/mol. The number of hydrogen-bond donors (Lipinski definition) is 0. The summed E-state index contributed by atoms with van der Waals surface area (Å²) in [6.45, 7) is 8.83. The number of aromatic nitrogens is 3. The molecule has 12 heteroatoms. The van der Waals surface area contributed by atoms with Crippen LogP contribution in [0.15, 0.2) is 47.0 Å². The second kappa shape index (κ2) is 11.0. The van der Waals surface area contributed by atoms with Crippen LogP contribution < -0.4 is 4.31 Å². The highest BCUT2D eigenvalue weighted by atomic mass is 32.2. The second-order valence-corrected chi connectivity index (χ2v) is 12.1. The van der Waals surface area contributed by atoms with Gasteiger partial charge in [-0.25, -0.2) is 8.42 Å².